The smallest absolute Gasteiger partial charge is 0.268 e. The summed E-state index contributed by atoms with van der Waals surface area (Å²) in [5.74, 6) is 0.433. The quantitative estimate of drug-likeness (QED) is 0.750. The molecule has 1 aliphatic carbocycles. The summed E-state index contributed by atoms with van der Waals surface area (Å²) in [5, 5.41) is 4.79. The number of carbonyl (C=O) groups excluding carboxylic acids is 2. The normalized spacial score (nSPS) is 13.7. The van der Waals surface area contributed by atoms with Crippen LogP contribution in [0.3, 0.4) is 0 Å². The number of carbonyl (C=O) groups is 2. The number of thiophene rings is 1. The number of rotatable bonds is 4. The number of oxazole rings is 1. The second-order valence-corrected chi connectivity index (χ2v) is 7.01. The SMILES string of the molecule is Cc1c(C(=O)NCc2coc(-c3cccs3)n2)[nH]c2c1C(=O)CCC2. The monoisotopic (exact) mass is 355 g/mol. The first-order valence-corrected chi connectivity index (χ1v) is 9.02. The predicted molar refractivity (Wildman–Crippen MR) is 93.8 cm³/mol. The zero-order valence-corrected chi connectivity index (χ0v) is 14.5. The van der Waals surface area contributed by atoms with Gasteiger partial charge in [0.25, 0.3) is 5.91 Å². The lowest BCUT2D eigenvalue weighted by Gasteiger charge is -2.09. The van der Waals surface area contributed by atoms with Gasteiger partial charge in [-0.3, -0.25) is 9.59 Å². The van der Waals surface area contributed by atoms with Gasteiger partial charge in [0.2, 0.25) is 5.89 Å². The van der Waals surface area contributed by atoms with Crippen LogP contribution < -0.4 is 5.32 Å². The van der Waals surface area contributed by atoms with Gasteiger partial charge in [0.15, 0.2) is 5.78 Å². The molecule has 0 aliphatic heterocycles. The summed E-state index contributed by atoms with van der Waals surface area (Å²) < 4.78 is 5.45. The molecule has 1 amide bonds. The van der Waals surface area contributed by atoms with E-state index in [9.17, 15) is 9.59 Å². The van der Waals surface area contributed by atoms with Crippen LogP contribution in [0.1, 0.15) is 50.6 Å². The molecule has 0 saturated carbocycles. The molecule has 0 saturated heterocycles. The van der Waals surface area contributed by atoms with E-state index < -0.39 is 0 Å². The van der Waals surface area contributed by atoms with Crippen LogP contribution in [-0.2, 0) is 13.0 Å². The summed E-state index contributed by atoms with van der Waals surface area (Å²) in [6.07, 6.45) is 3.74. The summed E-state index contributed by atoms with van der Waals surface area (Å²) in [5.41, 5.74) is 3.42. The van der Waals surface area contributed by atoms with E-state index in [0.717, 1.165) is 29.0 Å². The van der Waals surface area contributed by atoms with Gasteiger partial charge in [-0.1, -0.05) is 6.07 Å². The largest absolute Gasteiger partial charge is 0.443 e. The molecule has 3 heterocycles. The Kier molecular flexibility index (Phi) is 4.01. The maximum atomic E-state index is 12.5. The molecule has 128 valence electrons. The van der Waals surface area contributed by atoms with Crippen molar-refractivity contribution in [3.05, 3.63) is 52.0 Å². The highest BCUT2D eigenvalue weighted by Crippen LogP contribution is 2.27. The topological polar surface area (TPSA) is 88.0 Å². The Balaban J connectivity index is 1.47. The number of hydrogen-bond acceptors (Lipinski definition) is 5. The molecule has 0 radical (unpaired) electrons. The van der Waals surface area contributed by atoms with Crippen molar-refractivity contribution in [2.24, 2.45) is 0 Å². The lowest BCUT2D eigenvalue weighted by atomic mass is 9.94. The summed E-state index contributed by atoms with van der Waals surface area (Å²) in [6, 6.07) is 3.87. The molecule has 0 bridgehead atoms. The molecule has 6 nitrogen and oxygen atoms in total. The lowest BCUT2D eigenvalue weighted by molar-refractivity contribution is 0.0944. The first-order valence-electron chi connectivity index (χ1n) is 8.14. The third-order valence-electron chi connectivity index (χ3n) is 4.38. The minimum absolute atomic E-state index is 0.117. The lowest BCUT2D eigenvalue weighted by Crippen LogP contribution is -2.24. The Bertz CT molecular complexity index is 937. The summed E-state index contributed by atoms with van der Waals surface area (Å²) in [4.78, 5) is 33.0. The molecular formula is C18H17N3O3S. The van der Waals surface area contributed by atoms with Crippen LogP contribution in [0.4, 0.5) is 0 Å². The molecule has 1 aliphatic rings. The minimum atomic E-state index is -0.236. The van der Waals surface area contributed by atoms with Crippen molar-refractivity contribution < 1.29 is 14.0 Å². The molecule has 0 aromatic carbocycles. The molecule has 4 rings (SSSR count). The van der Waals surface area contributed by atoms with Crippen molar-refractivity contribution in [2.45, 2.75) is 32.7 Å². The Labute approximate surface area is 148 Å². The van der Waals surface area contributed by atoms with Gasteiger partial charge >= 0.3 is 0 Å². The molecule has 25 heavy (non-hydrogen) atoms. The van der Waals surface area contributed by atoms with Crippen LogP contribution in [0.15, 0.2) is 28.2 Å². The number of amides is 1. The van der Waals surface area contributed by atoms with Gasteiger partial charge < -0.3 is 14.7 Å². The Morgan fingerprint density at radius 2 is 2.32 bits per heavy atom. The molecule has 3 aromatic heterocycles. The molecule has 0 fully saturated rings. The van der Waals surface area contributed by atoms with E-state index in [2.05, 4.69) is 15.3 Å². The average molecular weight is 355 g/mol. The van der Waals surface area contributed by atoms with E-state index in [0.29, 0.717) is 29.3 Å². The Morgan fingerprint density at radius 1 is 1.44 bits per heavy atom. The summed E-state index contributed by atoms with van der Waals surface area (Å²) in [7, 11) is 0. The predicted octanol–water partition coefficient (Wildman–Crippen LogP) is 3.49. The molecule has 3 aromatic rings. The number of aromatic amines is 1. The van der Waals surface area contributed by atoms with E-state index >= 15 is 0 Å². The maximum absolute atomic E-state index is 12.5. The fraction of sp³-hybridized carbons (Fsp3) is 0.278. The fourth-order valence-corrected chi connectivity index (χ4v) is 3.82. The highest BCUT2D eigenvalue weighted by Gasteiger charge is 2.26. The number of Topliss-reactive ketones (excluding diaryl/α,β-unsaturated/α-hetero) is 1. The van der Waals surface area contributed by atoms with Crippen LogP contribution in [0.25, 0.3) is 10.8 Å². The van der Waals surface area contributed by atoms with Crippen LogP contribution in [0.5, 0.6) is 0 Å². The number of aromatic nitrogens is 2. The highest BCUT2D eigenvalue weighted by molar-refractivity contribution is 7.13. The molecule has 0 atom stereocenters. The minimum Gasteiger partial charge on any atom is -0.443 e. The number of ketones is 1. The number of nitrogens with zero attached hydrogens (tertiary/aromatic N) is 1. The summed E-state index contributed by atoms with van der Waals surface area (Å²) in [6.45, 7) is 2.09. The van der Waals surface area contributed by atoms with Gasteiger partial charge in [-0.2, -0.15) is 0 Å². The van der Waals surface area contributed by atoms with E-state index in [1.165, 1.54) is 0 Å². The third kappa shape index (κ3) is 2.91. The van der Waals surface area contributed by atoms with Gasteiger partial charge in [0, 0.05) is 17.7 Å². The summed E-state index contributed by atoms with van der Waals surface area (Å²) >= 11 is 1.55. The van der Waals surface area contributed by atoms with E-state index in [1.807, 2.05) is 24.4 Å². The molecule has 7 heteroatoms. The molecule has 0 unspecified atom stereocenters. The van der Waals surface area contributed by atoms with Crippen LogP contribution in [0, 0.1) is 6.92 Å². The zero-order valence-electron chi connectivity index (χ0n) is 13.7. The Hall–Kier alpha value is -2.67. The third-order valence-corrected chi connectivity index (χ3v) is 5.24. The number of hydrogen-bond donors (Lipinski definition) is 2. The Morgan fingerprint density at radius 3 is 3.08 bits per heavy atom. The van der Waals surface area contributed by atoms with Gasteiger partial charge in [-0.25, -0.2) is 4.98 Å². The van der Waals surface area contributed by atoms with Crippen molar-refractivity contribution >= 4 is 23.0 Å². The second kappa shape index (κ2) is 6.33. The standard InChI is InChI=1S/C18H17N3O3S/c1-10-15-12(4-2-5-13(15)22)21-16(10)17(23)19-8-11-9-24-18(20-11)14-6-3-7-25-14/h3,6-7,9,21H,2,4-5,8H2,1H3,(H,19,23). The van der Waals surface area contributed by atoms with E-state index in [-0.39, 0.29) is 18.2 Å². The van der Waals surface area contributed by atoms with Crippen molar-refractivity contribution in [3.63, 3.8) is 0 Å². The van der Waals surface area contributed by atoms with Gasteiger partial charge in [-0.05, 0) is 36.8 Å². The maximum Gasteiger partial charge on any atom is 0.268 e. The number of nitrogens with one attached hydrogen (secondary N) is 2. The fourth-order valence-electron chi connectivity index (χ4n) is 3.16. The van der Waals surface area contributed by atoms with Gasteiger partial charge in [0.1, 0.15) is 12.0 Å². The zero-order chi connectivity index (χ0) is 17.4. The van der Waals surface area contributed by atoms with Crippen molar-refractivity contribution in [2.75, 3.05) is 0 Å². The van der Waals surface area contributed by atoms with Gasteiger partial charge in [0.05, 0.1) is 17.1 Å². The molecular weight excluding hydrogens is 338 g/mol. The first-order chi connectivity index (χ1) is 12.1. The molecule has 0 spiro atoms. The number of H-pyrrole nitrogens is 1. The van der Waals surface area contributed by atoms with Crippen LogP contribution in [0.2, 0.25) is 0 Å². The average Bonchev–Trinajstić information content (AvgIpc) is 3.33. The second-order valence-electron chi connectivity index (χ2n) is 6.06. The first kappa shape index (κ1) is 15.8. The van der Waals surface area contributed by atoms with Crippen LogP contribution >= 0.6 is 11.3 Å². The van der Waals surface area contributed by atoms with Gasteiger partial charge in [-0.15, -0.1) is 11.3 Å². The van der Waals surface area contributed by atoms with Crippen molar-refractivity contribution in [1.29, 1.82) is 0 Å². The van der Waals surface area contributed by atoms with Crippen LogP contribution in [-0.4, -0.2) is 21.7 Å². The van der Waals surface area contributed by atoms with Crippen molar-refractivity contribution in [3.8, 4) is 10.8 Å². The van der Waals surface area contributed by atoms with Crippen molar-refractivity contribution in [1.82, 2.24) is 15.3 Å². The number of fused-ring (bicyclic) bond motifs is 1. The molecule has 2 N–H and O–H groups in total. The van der Waals surface area contributed by atoms with E-state index in [4.69, 9.17) is 4.42 Å². The highest BCUT2D eigenvalue weighted by atomic mass is 32.1. The number of aryl methyl sites for hydroxylation is 1. The van der Waals surface area contributed by atoms with E-state index in [1.54, 1.807) is 17.6 Å².